The molecule has 1 aromatic heterocycles. The second kappa shape index (κ2) is 21.7. The lowest BCUT2D eigenvalue weighted by molar-refractivity contribution is -0.727. The average molecular weight is 462 g/mol. The van der Waals surface area contributed by atoms with Crippen molar-refractivity contribution in [3.8, 4) is 0 Å². The Kier molecular flexibility index (Phi) is 19.9. The molecule has 2 heteroatoms. The van der Waals surface area contributed by atoms with Gasteiger partial charge in [-0.1, -0.05) is 143 Å². The maximum absolute atomic E-state index is 3.56. The van der Waals surface area contributed by atoms with Gasteiger partial charge in [-0.3, -0.25) is 0 Å². The molecule has 1 rings (SSSR count). The number of nitrogens with zero attached hydrogens (tertiary/aromatic N) is 1. The molecule has 0 fully saturated rings. The normalized spacial score (nSPS) is 13.5. The van der Waals surface area contributed by atoms with Crippen LogP contribution < -0.4 is 4.57 Å². The van der Waals surface area contributed by atoms with Gasteiger partial charge in [0.05, 0.1) is 12.0 Å². The van der Waals surface area contributed by atoms with E-state index in [0.29, 0.717) is 12.0 Å². The van der Waals surface area contributed by atoms with Crippen LogP contribution in [0.4, 0.5) is 0 Å². The highest BCUT2D eigenvalue weighted by molar-refractivity contribution is 4.87. The minimum Gasteiger partial charge on any atom is -0.247 e. The standard InChI is InChI=1S/C31H60N2/c1-5-7-9-11-13-14-15-16-17-18-19-20-22-24-26-30(4)33-28-27-32-31(33)29(3)25-23-21-12-10-8-6-2/h27-30H,5-26H2,1-4H3/p+1. The Morgan fingerprint density at radius 3 is 1.42 bits per heavy atom. The number of unbranched alkanes of at least 4 members (excludes halogenated alkanes) is 18. The molecule has 0 saturated heterocycles. The van der Waals surface area contributed by atoms with Crippen LogP contribution in [0.15, 0.2) is 12.4 Å². The SMILES string of the molecule is CCCCCCCCCCCCCCCCC(C)[n+]1cc[nH]c1C(C)CCCCCCCC. The van der Waals surface area contributed by atoms with E-state index in [4.69, 9.17) is 0 Å². The quantitative estimate of drug-likeness (QED) is 0.117. The molecule has 2 unspecified atom stereocenters. The zero-order valence-electron chi connectivity index (χ0n) is 23.3. The summed E-state index contributed by atoms with van der Waals surface area (Å²) in [5.41, 5.74) is 0. The fraction of sp³-hybridized carbons (Fsp3) is 0.903. The van der Waals surface area contributed by atoms with E-state index in [2.05, 4.69) is 49.6 Å². The molecule has 0 aliphatic carbocycles. The Labute approximate surface area is 208 Å². The lowest BCUT2D eigenvalue weighted by Gasteiger charge is -2.14. The Hall–Kier alpha value is -0.790. The molecule has 1 aromatic rings. The summed E-state index contributed by atoms with van der Waals surface area (Å²) in [7, 11) is 0. The van der Waals surface area contributed by atoms with Crippen molar-refractivity contribution in [1.82, 2.24) is 4.98 Å². The smallest absolute Gasteiger partial charge is 0.247 e. The lowest BCUT2D eigenvalue weighted by Crippen LogP contribution is -2.40. The first-order chi connectivity index (χ1) is 16.2. The average Bonchev–Trinajstić information content (AvgIpc) is 3.31. The van der Waals surface area contributed by atoms with E-state index >= 15 is 0 Å². The van der Waals surface area contributed by atoms with Crippen molar-refractivity contribution in [1.29, 1.82) is 0 Å². The zero-order valence-corrected chi connectivity index (χ0v) is 23.3. The van der Waals surface area contributed by atoms with E-state index in [1.165, 1.54) is 147 Å². The Morgan fingerprint density at radius 1 is 0.576 bits per heavy atom. The first-order valence-electron chi connectivity index (χ1n) is 15.3. The molecule has 0 saturated carbocycles. The fourth-order valence-corrected chi connectivity index (χ4v) is 5.28. The first kappa shape index (κ1) is 30.2. The van der Waals surface area contributed by atoms with Crippen LogP contribution in [-0.4, -0.2) is 4.98 Å². The summed E-state index contributed by atoms with van der Waals surface area (Å²) < 4.78 is 2.53. The third-order valence-corrected chi connectivity index (χ3v) is 7.65. The van der Waals surface area contributed by atoms with Crippen molar-refractivity contribution in [3.63, 3.8) is 0 Å². The van der Waals surface area contributed by atoms with Gasteiger partial charge >= 0.3 is 0 Å². The van der Waals surface area contributed by atoms with Gasteiger partial charge < -0.3 is 0 Å². The number of H-pyrrole nitrogens is 1. The summed E-state index contributed by atoms with van der Waals surface area (Å²) in [6.45, 7) is 9.42. The lowest BCUT2D eigenvalue weighted by atomic mass is 10.00. The molecule has 2 nitrogen and oxygen atoms in total. The zero-order chi connectivity index (χ0) is 24.0. The summed E-state index contributed by atoms with van der Waals surface area (Å²) in [6, 6.07) is 0.621. The summed E-state index contributed by atoms with van der Waals surface area (Å²) in [5, 5.41) is 0. The summed E-state index contributed by atoms with van der Waals surface area (Å²) in [4.78, 5) is 3.56. The van der Waals surface area contributed by atoms with Gasteiger partial charge in [-0.2, -0.15) is 0 Å². The molecule has 0 amide bonds. The number of rotatable bonds is 24. The van der Waals surface area contributed by atoms with Gasteiger partial charge in [0, 0.05) is 0 Å². The fourth-order valence-electron chi connectivity index (χ4n) is 5.28. The topological polar surface area (TPSA) is 19.7 Å². The number of aromatic amines is 1. The number of aromatic nitrogens is 2. The molecule has 0 aromatic carbocycles. The summed E-state index contributed by atoms with van der Waals surface area (Å²) in [5.74, 6) is 2.09. The van der Waals surface area contributed by atoms with Crippen molar-refractivity contribution in [2.24, 2.45) is 0 Å². The van der Waals surface area contributed by atoms with Crippen LogP contribution in [0.1, 0.15) is 187 Å². The maximum Gasteiger partial charge on any atom is 0.257 e. The van der Waals surface area contributed by atoms with Crippen molar-refractivity contribution >= 4 is 0 Å². The van der Waals surface area contributed by atoms with Gasteiger partial charge in [-0.05, 0) is 26.2 Å². The molecular formula is C31H61N2+. The molecule has 33 heavy (non-hydrogen) atoms. The minimum absolute atomic E-state index is 0.621. The molecule has 0 aliphatic rings. The predicted octanol–water partition coefficient (Wildman–Crippen LogP) is 10.6. The monoisotopic (exact) mass is 461 g/mol. The van der Waals surface area contributed by atoms with Crippen LogP contribution in [0.5, 0.6) is 0 Å². The van der Waals surface area contributed by atoms with Gasteiger partial charge in [0.2, 0.25) is 0 Å². The molecule has 0 bridgehead atoms. The van der Waals surface area contributed by atoms with E-state index in [0.717, 1.165) is 0 Å². The van der Waals surface area contributed by atoms with E-state index in [-0.39, 0.29) is 0 Å². The van der Waals surface area contributed by atoms with Gasteiger partial charge in [0.15, 0.2) is 0 Å². The summed E-state index contributed by atoms with van der Waals surface area (Å²) in [6.07, 6.45) is 35.6. The number of hydrogen-bond donors (Lipinski definition) is 1. The number of imidazole rings is 1. The molecule has 194 valence electrons. The predicted molar refractivity (Wildman–Crippen MR) is 147 cm³/mol. The molecule has 1 N–H and O–H groups in total. The maximum atomic E-state index is 3.56. The van der Waals surface area contributed by atoms with Crippen molar-refractivity contribution < 1.29 is 4.57 Å². The molecule has 1 heterocycles. The van der Waals surface area contributed by atoms with E-state index < -0.39 is 0 Å². The largest absolute Gasteiger partial charge is 0.257 e. The van der Waals surface area contributed by atoms with Gasteiger partial charge in [0.25, 0.3) is 5.82 Å². The van der Waals surface area contributed by atoms with Crippen LogP contribution in [0, 0.1) is 0 Å². The van der Waals surface area contributed by atoms with E-state index in [1.54, 1.807) is 0 Å². The Balaban J connectivity index is 2.04. The van der Waals surface area contributed by atoms with Crippen LogP contribution in [0.2, 0.25) is 0 Å². The Bertz CT molecular complexity index is 521. The van der Waals surface area contributed by atoms with Crippen molar-refractivity contribution in [2.45, 2.75) is 181 Å². The summed E-state index contributed by atoms with van der Waals surface area (Å²) >= 11 is 0. The van der Waals surface area contributed by atoms with Gasteiger partial charge in [0.1, 0.15) is 12.4 Å². The molecule has 2 atom stereocenters. The molecular weight excluding hydrogens is 400 g/mol. The Morgan fingerprint density at radius 2 is 0.970 bits per heavy atom. The van der Waals surface area contributed by atoms with E-state index in [9.17, 15) is 0 Å². The highest BCUT2D eigenvalue weighted by atomic mass is 15.1. The number of nitrogens with one attached hydrogen (secondary N) is 1. The highest BCUT2D eigenvalue weighted by Crippen LogP contribution is 2.21. The molecule has 0 spiro atoms. The third kappa shape index (κ3) is 15.7. The van der Waals surface area contributed by atoms with Crippen LogP contribution in [0.25, 0.3) is 0 Å². The molecule has 0 aliphatic heterocycles. The first-order valence-corrected chi connectivity index (χ1v) is 15.3. The van der Waals surface area contributed by atoms with Gasteiger partial charge in [-0.25, -0.2) is 9.55 Å². The molecule has 0 radical (unpaired) electrons. The number of hydrogen-bond acceptors (Lipinski definition) is 0. The van der Waals surface area contributed by atoms with Crippen LogP contribution >= 0.6 is 0 Å². The second-order valence-electron chi connectivity index (χ2n) is 10.9. The van der Waals surface area contributed by atoms with Crippen molar-refractivity contribution in [3.05, 3.63) is 18.2 Å². The van der Waals surface area contributed by atoms with E-state index in [1.807, 2.05) is 0 Å². The van der Waals surface area contributed by atoms with Crippen LogP contribution in [-0.2, 0) is 0 Å². The van der Waals surface area contributed by atoms with Gasteiger partial charge in [-0.15, -0.1) is 0 Å². The van der Waals surface area contributed by atoms with Crippen LogP contribution in [0.3, 0.4) is 0 Å². The third-order valence-electron chi connectivity index (χ3n) is 7.65. The van der Waals surface area contributed by atoms with Crippen molar-refractivity contribution in [2.75, 3.05) is 0 Å². The second-order valence-corrected chi connectivity index (χ2v) is 10.9. The minimum atomic E-state index is 0.621. The highest BCUT2D eigenvalue weighted by Gasteiger charge is 2.22.